The van der Waals surface area contributed by atoms with Crippen LogP contribution in [0.2, 0.25) is 0 Å². The van der Waals surface area contributed by atoms with Gasteiger partial charge in [0.15, 0.2) is 0 Å². The molecule has 0 radical (unpaired) electrons. The summed E-state index contributed by atoms with van der Waals surface area (Å²) in [6.07, 6.45) is 2.86. The Morgan fingerprint density at radius 2 is 2.00 bits per heavy atom. The van der Waals surface area contributed by atoms with Gasteiger partial charge in [-0.3, -0.25) is 5.41 Å². The molecule has 7 nitrogen and oxygen atoms in total. The second-order valence-electron chi connectivity index (χ2n) is 4.44. The van der Waals surface area contributed by atoms with Crippen LogP contribution < -0.4 is 10.6 Å². The summed E-state index contributed by atoms with van der Waals surface area (Å²) in [4.78, 5) is 6.20. The van der Waals surface area contributed by atoms with E-state index in [0.717, 1.165) is 0 Å². The number of nitrogens with one attached hydrogen (secondary N) is 1. The zero-order valence-corrected chi connectivity index (χ0v) is 11.5. The van der Waals surface area contributed by atoms with Gasteiger partial charge in [-0.2, -0.15) is 4.31 Å². The minimum Gasteiger partial charge on any atom is -0.384 e. The molecule has 1 aromatic rings. The van der Waals surface area contributed by atoms with Gasteiger partial charge in [0, 0.05) is 32.4 Å². The van der Waals surface area contributed by atoms with E-state index in [0.29, 0.717) is 37.6 Å². The Kier molecular flexibility index (Phi) is 3.72. The number of nitrogens with two attached hydrogens (primary N) is 1. The maximum Gasteiger partial charge on any atom is 0.211 e. The zero-order chi connectivity index (χ0) is 14.0. The van der Waals surface area contributed by atoms with Crippen LogP contribution in [0.25, 0.3) is 0 Å². The molecule has 3 N–H and O–H groups in total. The van der Waals surface area contributed by atoms with Gasteiger partial charge in [-0.15, -0.1) is 0 Å². The molecule has 2 rings (SSSR count). The lowest BCUT2D eigenvalue weighted by molar-refractivity contribution is 0.387. The van der Waals surface area contributed by atoms with Crippen molar-refractivity contribution in [1.82, 2.24) is 9.29 Å². The first-order valence-corrected chi connectivity index (χ1v) is 7.74. The number of rotatable bonds is 3. The average molecular weight is 283 g/mol. The summed E-state index contributed by atoms with van der Waals surface area (Å²) in [5.74, 6) is 0.608. The van der Waals surface area contributed by atoms with Crippen LogP contribution in [-0.2, 0) is 10.0 Å². The molecule has 0 amide bonds. The van der Waals surface area contributed by atoms with Crippen molar-refractivity contribution in [3.8, 4) is 0 Å². The third kappa shape index (κ3) is 3.02. The molecule has 1 fully saturated rings. The van der Waals surface area contributed by atoms with E-state index in [-0.39, 0.29) is 5.84 Å². The molecule has 2 heterocycles. The van der Waals surface area contributed by atoms with Gasteiger partial charge in [0.1, 0.15) is 11.7 Å². The highest BCUT2D eigenvalue weighted by atomic mass is 32.2. The fraction of sp³-hybridized carbons (Fsp3) is 0.455. The number of nitrogens with zero attached hydrogens (tertiary/aromatic N) is 3. The van der Waals surface area contributed by atoms with Crippen molar-refractivity contribution >= 4 is 21.7 Å². The van der Waals surface area contributed by atoms with E-state index < -0.39 is 10.0 Å². The molecule has 19 heavy (non-hydrogen) atoms. The lowest BCUT2D eigenvalue weighted by Gasteiger charge is -2.34. The number of anilines is 1. The number of aromatic nitrogens is 1. The van der Waals surface area contributed by atoms with Crippen molar-refractivity contribution in [3.63, 3.8) is 0 Å². The smallest absolute Gasteiger partial charge is 0.211 e. The molecular weight excluding hydrogens is 266 g/mol. The highest BCUT2D eigenvalue weighted by molar-refractivity contribution is 7.88. The fourth-order valence-corrected chi connectivity index (χ4v) is 2.92. The van der Waals surface area contributed by atoms with Gasteiger partial charge in [0.05, 0.1) is 11.8 Å². The average Bonchev–Trinajstić information content (AvgIpc) is 2.38. The van der Waals surface area contributed by atoms with Crippen LogP contribution >= 0.6 is 0 Å². The quantitative estimate of drug-likeness (QED) is 0.572. The predicted octanol–water partition coefficient (Wildman–Crippen LogP) is -0.553. The monoisotopic (exact) mass is 283 g/mol. The highest BCUT2D eigenvalue weighted by Gasteiger charge is 2.25. The molecule has 0 unspecified atom stereocenters. The molecule has 1 saturated heterocycles. The molecule has 0 aliphatic carbocycles. The first-order chi connectivity index (χ1) is 8.89. The second-order valence-corrected chi connectivity index (χ2v) is 6.42. The lowest BCUT2D eigenvalue weighted by Crippen LogP contribution is -2.49. The van der Waals surface area contributed by atoms with Gasteiger partial charge >= 0.3 is 0 Å². The van der Waals surface area contributed by atoms with E-state index >= 15 is 0 Å². The number of nitrogen functional groups attached to an aromatic ring is 1. The lowest BCUT2D eigenvalue weighted by atomic mass is 10.2. The van der Waals surface area contributed by atoms with E-state index in [4.69, 9.17) is 11.1 Å². The van der Waals surface area contributed by atoms with Crippen LogP contribution in [0, 0.1) is 5.41 Å². The maximum absolute atomic E-state index is 11.4. The van der Waals surface area contributed by atoms with Crippen LogP contribution in [0.4, 0.5) is 5.82 Å². The molecule has 1 aromatic heterocycles. The summed E-state index contributed by atoms with van der Waals surface area (Å²) in [6.45, 7) is 1.94. The van der Waals surface area contributed by atoms with Crippen LogP contribution in [0.1, 0.15) is 5.56 Å². The van der Waals surface area contributed by atoms with Gasteiger partial charge in [-0.05, 0) is 12.1 Å². The van der Waals surface area contributed by atoms with E-state index in [1.807, 2.05) is 4.90 Å². The molecular formula is C11H17N5O2S. The number of hydrogen-bond donors (Lipinski definition) is 2. The van der Waals surface area contributed by atoms with Crippen molar-refractivity contribution in [3.05, 3.63) is 23.9 Å². The van der Waals surface area contributed by atoms with Crippen LogP contribution in [0.5, 0.6) is 0 Å². The Morgan fingerprint density at radius 1 is 1.37 bits per heavy atom. The summed E-state index contributed by atoms with van der Waals surface area (Å²) < 4.78 is 24.3. The molecule has 0 atom stereocenters. The largest absolute Gasteiger partial charge is 0.384 e. The Hall–Kier alpha value is -1.67. The summed E-state index contributed by atoms with van der Waals surface area (Å²) in [7, 11) is -3.14. The molecule has 8 heteroatoms. The topological polar surface area (TPSA) is 103 Å². The van der Waals surface area contributed by atoms with Gasteiger partial charge < -0.3 is 10.6 Å². The fourth-order valence-electron chi connectivity index (χ4n) is 2.09. The number of pyridine rings is 1. The standard InChI is InChI=1S/C11H17N5O2S/c1-19(17,18)16-7-5-15(6-8-16)11-9(10(12)13)3-2-4-14-11/h2-4H,5-8H2,1H3,(H3,12,13). The summed E-state index contributed by atoms with van der Waals surface area (Å²) >= 11 is 0. The van der Waals surface area contributed by atoms with Gasteiger partial charge in [0.25, 0.3) is 0 Å². The van der Waals surface area contributed by atoms with Crippen LogP contribution in [-0.4, -0.2) is 56.0 Å². The van der Waals surface area contributed by atoms with E-state index in [2.05, 4.69) is 4.98 Å². The summed E-state index contributed by atoms with van der Waals surface area (Å²) in [6, 6.07) is 3.47. The first kappa shape index (κ1) is 13.8. The Labute approximate surface area is 112 Å². The van der Waals surface area contributed by atoms with Crippen LogP contribution in [0.3, 0.4) is 0 Å². The normalized spacial score (nSPS) is 17.4. The number of hydrogen-bond acceptors (Lipinski definition) is 5. The SMILES string of the molecule is CS(=O)(=O)N1CCN(c2ncccc2C(=N)N)CC1. The van der Waals surface area contributed by atoms with E-state index in [1.54, 1.807) is 18.3 Å². The first-order valence-electron chi connectivity index (χ1n) is 5.89. The highest BCUT2D eigenvalue weighted by Crippen LogP contribution is 2.19. The minimum atomic E-state index is -3.14. The molecule has 1 aliphatic rings. The molecule has 0 spiro atoms. The Bertz CT molecular complexity index is 579. The van der Waals surface area contributed by atoms with E-state index in [9.17, 15) is 8.42 Å². The molecule has 0 bridgehead atoms. The van der Waals surface area contributed by atoms with E-state index in [1.165, 1.54) is 10.6 Å². The van der Waals surface area contributed by atoms with Gasteiger partial charge in [-0.25, -0.2) is 13.4 Å². The van der Waals surface area contributed by atoms with Crippen molar-refractivity contribution in [2.24, 2.45) is 5.73 Å². The number of sulfonamides is 1. The van der Waals surface area contributed by atoms with Crippen molar-refractivity contribution in [2.45, 2.75) is 0 Å². The van der Waals surface area contributed by atoms with Gasteiger partial charge in [0.2, 0.25) is 10.0 Å². The van der Waals surface area contributed by atoms with Gasteiger partial charge in [-0.1, -0.05) is 0 Å². The van der Waals surface area contributed by atoms with Crippen molar-refractivity contribution in [1.29, 1.82) is 5.41 Å². The Morgan fingerprint density at radius 3 is 2.53 bits per heavy atom. The minimum absolute atomic E-state index is 0.0337. The molecule has 1 aliphatic heterocycles. The maximum atomic E-state index is 11.4. The van der Waals surface area contributed by atoms with Crippen LogP contribution in [0.15, 0.2) is 18.3 Å². The predicted molar refractivity (Wildman–Crippen MR) is 73.9 cm³/mol. The number of amidine groups is 1. The third-order valence-electron chi connectivity index (χ3n) is 3.08. The molecule has 0 aromatic carbocycles. The summed E-state index contributed by atoms with van der Waals surface area (Å²) in [5.41, 5.74) is 6.11. The zero-order valence-electron chi connectivity index (χ0n) is 10.7. The molecule has 104 valence electrons. The number of piperazine rings is 1. The third-order valence-corrected chi connectivity index (χ3v) is 4.39. The van der Waals surface area contributed by atoms with Crippen molar-refractivity contribution < 1.29 is 8.42 Å². The Balaban J connectivity index is 2.16. The second kappa shape index (κ2) is 5.14. The molecule has 0 saturated carbocycles. The van der Waals surface area contributed by atoms with Crippen molar-refractivity contribution in [2.75, 3.05) is 37.3 Å². The summed E-state index contributed by atoms with van der Waals surface area (Å²) in [5, 5.41) is 7.54.